The van der Waals surface area contributed by atoms with Crippen molar-refractivity contribution in [2.45, 2.75) is 25.4 Å². The van der Waals surface area contributed by atoms with Gasteiger partial charge in [-0.3, -0.25) is 4.79 Å². The third-order valence-electron chi connectivity index (χ3n) is 3.58. The molecule has 1 aromatic heterocycles. The Kier molecular flexibility index (Phi) is 6.53. The lowest BCUT2D eigenvalue weighted by Crippen LogP contribution is -2.41. The summed E-state index contributed by atoms with van der Waals surface area (Å²) >= 11 is 5.07. The Morgan fingerprint density at radius 3 is 2.87 bits per heavy atom. The van der Waals surface area contributed by atoms with E-state index in [9.17, 15) is 9.59 Å². The van der Waals surface area contributed by atoms with Crippen molar-refractivity contribution >= 4 is 50.5 Å². The third-order valence-corrected chi connectivity index (χ3v) is 4.92. The summed E-state index contributed by atoms with van der Waals surface area (Å²) in [4.78, 5) is 23.2. The Hall–Kier alpha value is -1.47. The highest BCUT2D eigenvalue weighted by atomic mass is 79.9. The van der Waals surface area contributed by atoms with Crippen LogP contribution in [0.1, 0.15) is 12.8 Å². The maximum Gasteiger partial charge on any atom is 0.326 e. The Morgan fingerprint density at radius 2 is 2.17 bits per heavy atom. The van der Waals surface area contributed by atoms with Crippen LogP contribution in [-0.2, 0) is 16.1 Å². The second-order valence-electron chi connectivity index (χ2n) is 5.17. The highest BCUT2D eigenvalue weighted by Gasteiger charge is 2.19. The van der Waals surface area contributed by atoms with Crippen LogP contribution in [0, 0.1) is 0 Å². The Labute approximate surface area is 147 Å². The second-order valence-corrected chi connectivity index (χ2v) is 7.01. The lowest BCUT2D eigenvalue weighted by Gasteiger charge is -2.14. The number of aliphatic carboxylic acids is 1. The number of amides is 1. The van der Waals surface area contributed by atoms with Crippen LogP contribution >= 0.6 is 27.7 Å². The minimum absolute atomic E-state index is 0.240. The molecule has 23 heavy (non-hydrogen) atoms. The summed E-state index contributed by atoms with van der Waals surface area (Å²) in [5.74, 6) is -0.522. The van der Waals surface area contributed by atoms with Gasteiger partial charge in [-0.2, -0.15) is 11.8 Å². The molecule has 1 amide bonds. The number of carbonyl (C=O) groups excluding carboxylic acids is 1. The molecule has 0 aliphatic heterocycles. The number of nitrogens with one attached hydrogen (secondary N) is 1. The van der Waals surface area contributed by atoms with Crippen molar-refractivity contribution in [3.8, 4) is 0 Å². The number of fused-ring (bicyclic) bond motifs is 1. The van der Waals surface area contributed by atoms with Crippen LogP contribution < -0.4 is 5.32 Å². The number of nitrogens with zero attached hydrogens (tertiary/aromatic N) is 1. The highest BCUT2D eigenvalue weighted by molar-refractivity contribution is 9.10. The van der Waals surface area contributed by atoms with E-state index in [2.05, 4.69) is 21.2 Å². The second kappa shape index (κ2) is 8.40. The molecular weight excluding hydrogens is 380 g/mol. The number of aromatic nitrogens is 1. The first-order valence-corrected chi connectivity index (χ1v) is 9.46. The van der Waals surface area contributed by atoms with Gasteiger partial charge >= 0.3 is 5.97 Å². The first-order chi connectivity index (χ1) is 11.0. The van der Waals surface area contributed by atoms with Crippen molar-refractivity contribution in [2.24, 2.45) is 0 Å². The smallest absolute Gasteiger partial charge is 0.326 e. The summed E-state index contributed by atoms with van der Waals surface area (Å²) in [6.07, 6.45) is 4.53. The van der Waals surface area contributed by atoms with Crippen LogP contribution in [0.25, 0.3) is 10.9 Å². The summed E-state index contributed by atoms with van der Waals surface area (Å²) in [5, 5.41) is 12.8. The lowest BCUT2D eigenvalue weighted by molar-refractivity contribution is -0.141. The Bertz CT molecular complexity index is 702. The van der Waals surface area contributed by atoms with Gasteiger partial charge < -0.3 is 15.0 Å². The number of carboxylic acids is 1. The third kappa shape index (κ3) is 4.75. The van der Waals surface area contributed by atoms with Crippen LogP contribution in [0.15, 0.2) is 34.9 Å². The first kappa shape index (κ1) is 17.9. The maximum absolute atomic E-state index is 12.0. The average Bonchev–Trinajstić information content (AvgIpc) is 2.93. The van der Waals surface area contributed by atoms with Gasteiger partial charge in [0.25, 0.3) is 0 Å². The standard InChI is InChI=1S/C16H19BrN2O3S/c1-23-10-7-13(16(21)22)18-15(20)6-9-19-8-5-11-12(17)3-2-4-14(11)19/h2-5,8,13H,6-7,9-10H2,1H3,(H,18,20)(H,21,22). The molecule has 0 bridgehead atoms. The quantitative estimate of drug-likeness (QED) is 0.716. The average molecular weight is 399 g/mol. The zero-order chi connectivity index (χ0) is 16.8. The molecule has 2 rings (SSSR count). The SMILES string of the molecule is CSCCC(NC(=O)CCn1ccc2c(Br)cccc21)C(=O)O. The molecule has 5 nitrogen and oxygen atoms in total. The van der Waals surface area contributed by atoms with Crippen molar-refractivity contribution in [3.63, 3.8) is 0 Å². The minimum atomic E-state index is -0.984. The number of hydrogen-bond acceptors (Lipinski definition) is 3. The van der Waals surface area contributed by atoms with Gasteiger partial charge in [-0.05, 0) is 36.6 Å². The topological polar surface area (TPSA) is 71.3 Å². The lowest BCUT2D eigenvalue weighted by atomic mass is 10.2. The van der Waals surface area contributed by atoms with Gasteiger partial charge in [-0.25, -0.2) is 4.79 Å². The summed E-state index contributed by atoms with van der Waals surface area (Å²) < 4.78 is 3.01. The van der Waals surface area contributed by atoms with E-state index in [0.717, 1.165) is 15.4 Å². The van der Waals surface area contributed by atoms with E-state index in [1.165, 1.54) is 0 Å². The molecule has 0 aliphatic rings. The van der Waals surface area contributed by atoms with Crippen LogP contribution in [0.4, 0.5) is 0 Å². The van der Waals surface area contributed by atoms with Gasteiger partial charge in [-0.1, -0.05) is 22.0 Å². The summed E-state index contributed by atoms with van der Waals surface area (Å²) in [7, 11) is 0. The van der Waals surface area contributed by atoms with E-state index in [-0.39, 0.29) is 12.3 Å². The van der Waals surface area contributed by atoms with E-state index in [0.29, 0.717) is 18.7 Å². The summed E-state index contributed by atoms with van der Waals surface area (Å²) in [5.41, 5.74) is 1.05. The highest BCUT2D eigenvalue weighted by Crippen LogP contribution is 2.24. The van der Waals surface area contributed by atoms with Gasteiger partial charge in [-0.15, -0.1) is 0 Å². The molecule has 1 heterocycles. The number of halogens is 1. The van der Waals surface area contributed by atoms with Gasteiger partial charge in [0, 0.05) is 34.5 Å². The molecule has 1 unspecified atom stereocenters. The maximum atomic E-state index is 12.0. The molecule has 0 saturated heterocycles. The van der Waals surface area contributed by atoms with Gasteiger partial charge in [0.15, 0.2) is 0 Å². The fourth-order valence-corrected chi connectivity index (χ4v) is 3.32. The number of rotatable bonds is 8. The van der Waals surface area contributed by atoms with E-state index in [4.69, 9.17) is 5.11 Å². The number of benzene rings is 1. The molecule has 0 aliphatic carbocycles. The monoisotopic (exact) mass is 398 g/mol. The van der Waals surface area contributed by atoms with Crippen LogP contribution in [0.5, 0.6) is 0 Å². The summed E-state index contributed by atoms with van der Waals surface area (Å²) in [6, 6.07) is 7.10. The molecule has 1 atom stereocenters. The number of carboxylic acid groups (broad SMARTS) is 1. The molecule has 2 N–H and O–H groups in total. The van der Waals surface area contributed by atoms with Crippen molar-refractivity contribution in [2.75, 3.05) is 12.0 Å². The molecule has 2 aromatic rings. The number of aryl methyl sites for hydroxylation is 1. The molecule has 0 spiro atoms. The molecule has 7 heteroatoms. The molecule has 0 radical (unpaired) electrons. The normalized spacial score (nSPS) is 12.3. The van der Waals surface area contributed by atoms with Gasteiger partial charge in [0.2, 0.25) is 5.91 Å². The number of carbonyl (C=O) groups is 2. The van der Waals surface area contributed by atoms with Crippen LogP contribution in [-0.4, -0.2) is 39.6 Å². The molecule has 1 aromatic carbocycles. The Morgan fingerprint density at radius 1 is 1.39 bits per heavy atom. The zero-order valence-corrected chi connectivity index (χ0v) is 15.2. The largest absolute Gasteiger partial charge is 0.480 e. The fraction of sp³-hybridized carbons (Fsp3) is 0.375. The van der Waals surface area contributed by atoms with E-state index < -0.39 is 12.0 Å². The fourth-order valence-electron chi connectivity index (χ4n) is 2.36. The summed E-state index contributed by atoms with van der Waals surface area (Å²) in [6.45, 7) is 0.515. The van der Waals surface area contributed by atoms with Crippen molar-refractivity contribution < 1.29 is 14.7 Å². The van der Waals surface area contributed by atoms with E-state index >= 15 is 0 Å². The predicted octanol–water partition coefficient (Wildman–Crippen LogP) is 3.12. The molecule has 124 valence electrons. The van der Waals surface area contributed by atoms with Gasteiger partial charge in [0.05, 0.1) is 0 Å². The number of thioether (sulfide) groups is 1. The Balaban J connectivity index is 1.95. The number of hydrogen-bond donors (Lipinski definition) is 2. The minimum Gasteiger partial charge on any atom is -0.480 e. The molecule has 0 saturated carbocycles. The van der Waals surface area contributed by atoms with Crippen molar-refractivity contribution in [1.82, 2.24) is 9.88 Å². The molecule has 0 fully saturated rings. The van der Waals surface area contributed by atoms with Crippen LogP contribution in [0.2, 0.25) is 0 Å². The zero-order valence-electron chi connectivity index (χ0n) is 12.8. The predicted molar refractivity (Wildman–Crippen MR) is 96.8 cm³/mol. The van der Waals surface area contributed by atoms with Crippen molar-refractivity contribution in [3.05, 3.63) is 34.9 Å². The van der Waals surface area contributed by atoms with Crippen LogP contribution in [0.3, 0.4) is 0 Å². The first-order valence-electron chi connectivity index (χ1n) is 7.27. The van der Waals surface area contributed by atoms with Gasteiger partial charge in [0.1, 0.15) is 6.04 Å². The van der Waals surface area contributed by atoms with E-state index in [1.807, 2.05) is 41.3 Å². The molecular formula is C16H19BrN2O3S. The van der Waals surface area contributed by atoms with E-state index in [1.54, 1.807) is 11.8 Å². The van der Waals surface area contributed by atoms with Crippen molar-refractivity contribution in [1.29, 1.82) is 0 Å².